The smallest absolute Gasteiger partial charge is 0.420 e. The number of halogens is 4. The van der Waals surface area contributed by atoms with Crippen molar-refractivity contribution < 1.29 is 27.2 Å². The summed E-state index contributed by atoms with van der Waals surface area (Å²) in [6.07, 6.45) is 0.390. The van der Waals surface area contributed by atoms with Gasteiger partial charge in [0, 0.05) is 37.3 Å². The van der Waals surface area contributed by atoms with Gasteiger partial charge >= 0.3 is 6.18 Å². The number of pyridine rings is 1. The third-order valence-electron chi connectivity index (χ3n) is 6.21. The van der Waals surface area contributed by atoms with Gasteiger partial charge in [0.1, 0.15) is 10.0 Å². The quantitative estimate of drug-likeness (QED) is 0.516. The van der Waals surface area contributed by atoms with Crippen LogP contribution in [-0.2, 0) is 11.0 Å². The first-order chi connectivity index (χ1) is 16.1. The molecule has 0 saturated carbocycles. The molecular weight excluding hydrogens is 495 g/mol. The summed E-state index contributed by atoms with van der Waals surface area (Å²) in [4.78, 5) is 32.1. The van der Waals surface area contributed by atoms with Crippen LogP contribution >= 0.6 is 23.5 Å². The Labute approximate surface area is 201 Å². The predicted molar refractivity (Wildman–Crippen MR) is 119 cm³/mol. The highest BCUT2D eigenvalue weighted by Crippen LogP contribution is 2.42. The van der Waals surface area contributed by atoms with Crippen LogP contribution in [0.3, 0.4) is 0 Å². The van der Waals surface area contributed by atoms with Crippen LogP contribution in [0.4, 0.5) is 13.2 Å². The number of rotatable bonds is 2. The number of nitrogens with one attached hydrogen (secondary N) is 1. The van der Waals surface area contributed by atoms with Gasteiger partial charge in [-0.15, -0.1) is 0 Å². The lowest BCUT2D eigenvalue weighted by atomic mass is 10.0. The molecule has 3 aromatic heterocycles. The number of furan rings is 1. The lowest BCUT2D eigenvalue weighted by Crippen LogP contribution is -2.53. The molecule has 13 heteroatoms. The van der Waals surface area contributed by atoms with Crippen LogP contribution in [0.25, 0.3) is 16.8 Å². The molecule has 2 saturated heterocycles. The van der Waals surface area contributed by atoms with E-state index in [-0.39, 0.29) is 22.3 Å². The summed E-state index contributed by atoms with van der Waals surface area (Å²) in [5.74, 6) is -0.611. The first-order valence-corrected chi connectivity index (χ1v) is 11.6. The number of likely N-dealkylation sites (tertiary alicyclic amines) is 1. The molecule has 5 rings (SSSR count). The van der Waals surface area contributed by atoms with Crippen LogP contribution in [-0.4, -0.2) is 55.6 Å². The minimum atomic E-state index is -4.71. The number of aromatic nitrogens is 2. The maximum absolute atomic E-state index is 13.9. The molecule has 0 aliphatic carbocycles. The van der Waals surface area contributed by atoms with Crippen LogP contribution in [0.2, 0.25) is 5.15 Å². The largest absolute Gasteiger partial charge is 0.472 e. The third-order valence-corrected chi connectivity index (χ3v) is 7.86. The van der Waals surface area contributed by atoms with Gasteiger partial charge in [-0.1, -0.05) is 23.5 Å². The van der Waals surface area contributed by atoms with Gasteiger partial charge in [-0.25, -0.2) is 9.71 Å². The van der Waals surface area contributed by atoms with Crippen molar-refractivity contribution in [2.75, 3.05) is 19.8 Å². The summed E-state index contributed by atoms with van der Waals surface area (Å²) in [5.41, 5.74) is -1.03. The Morgan fingerprint density at radius 3 is 2.62 bits per heavy atom. The van der Waals surface area contributed by atoms with Crippen molar-refractivity contribution in [2.24, 2.45) is 0 Å². The van der Waals surface area contributed by atoms with Crippen LogP contribution in [0.5, 0.6) is 0 Å². The molecule has 8 nitrogen and oxygen atoms in total. The fraction of sp³-hybridized carbons (Fsp3) is 0.381. The van der Waals surface area contributed by atoms with Crippen LogP contribution < -0.4 is 4.72 Å². The highest BCUT2D eigenvalue weighted by atomic mass is 35.5. The molecule has 2 amide bonds. The normalized spacial score (nSPS) is 18.3. The zero-order chi connectivity index (χ0) is 24.3. The van der Waals surface area contributed by atoms with Crippen molar-refractivity contribution in [2.45, 2.75) is 30.8 Å². The molecule has 0 bridgehead atoms. The van der Waals surface area contributed by atoms with Gasteiger partial charge in [-0.05, 0) is 25.0 Å². The van der Waals surface area contributed by atoms with E-state index >= 15 is 0 Å². The molecule has 0 aromatic carbocycles. The lowest BCUT2D eigenvalue weighted by molar-refractivity contribution is -0.136. The molecule has 0 unspecified atom stereocenters. The van der Waals surface area contributed by atoms with E-state index in [1.165, 1.54) is 48.6 Å². The molecule has 2 aliphatic heterocycles. The molecule has 1 spiro atoms. The predicted octanol–water partition coefficient (Wildman–Crippen LogP) is 4.26. The van der Waals surface area contributed by atoms with E-state index in [2.05, 4.69) is 9.71 Å². The fourth-order valence-corrected chi connectivity index (χ4v) is 5.86. The SMILES string of the molecule is CC(=O)N1CNSC12CCN(C(=O)c1nc3c(C(F)(F)F)cc(-c4ccoc4)cn3c1Cl)CC2. The van der Waals surface area contributed by atoms with Gasteiger partial charge in [-0.3, -0.25) is 14.0 Å². The second-order valence-corrected chi connectivity index (χ2v) is 9.80. The van der Waals surface area contributed by atoms with Crippen molar-refractivity contribution in [1.82, 2.24) is 23.9 Å². The third kappa shape index (κ3) is 3.73. The lowest BCUT2D eigenvalue weighted by Gasteiger charge is -2.42. The first kappa shape index (κ1) is 23.1. The van der Waals surface area contributed by atoms with Crippen molar-refractivity contribution in [1.29, 1.82) is 0 Å². The van der Waals surface area contributed by atoms with E-state index in [0.29, 0.717) is 38.2 Å². The van der Waals surface area contributed by atoms with Crippen LogP contribution in [0, 0.1) is 0 Å². The van der Waals surface area contributed by atoms with E-state index < -0.39 is 28.2 Å². The Morgan fingerprint density at radius 2 is 2.00 bits per heavy atom. The number of carbonyl (C=O) groups excluding carboxylic acids is 2. The van der Waals surface area contributed by atoms with Gasteiger partial charge in [0.05, 0.1) is 24.8 Å². The Balaban J connectivity index is 1.48. The summed E-state index contributed by atoms with van der Waals surface area (Å²) in [6, 6.07) is 2.49. The molecule has 1 N–H and O–H groups in total. The number of imidazole rings is 1. The van der Waals surface area contributed by atoms with E-state index in [9.17, 15) is 22.8 Å². The second-order valence-electron chi connectivity index (χ2n) is 8.19. The number of hydrogen-bond donors (Lipinski definition) is 1. The Bertz CT molecular complexity index is 1270. The average molecular weight is 514 g/mol. The summed E-state index contributed by atoms with van der Waals surface area (Å²) in [7, 11) is 0. The topological polar surface area (TPSA) is 83.1 Å². The van der Waals surface area contributed by atoms with Gasteiger partial charge in [0.2, 0.25) is 5.91 Å². The van der Waals surface area contributed by atoms with Gasteiger partial charge in [0.25, 0.3) is 5.91 Å². The standard InChI is InChI=1S/C21H19ClF3N5O3S/c1-12(31)30-11-26-34-20(30)3-5-28(6-4-20)19(32)16-17(22)29-9-14(13-2-7-33-10-13)8-15(18(29)27-16)21(23,24)25/h2,7-10,26H,3-6,11H2,1H3. The highest BCUT2D eigenvalue weighted by Gasteiger charge is 2.47. The number of piperidine rings is 1. The molecule has 2 aliphatic rings. The van der Waals surface area contributed by atoms with Gasteiger partial charge < -0.3 is 14.2 Å². The van der Waals surface area contributed by atoms with Crippen molar-refractivity contribution >= 4 is 41.0 Å². The Hall–Kier alpha value is -2.70. The molecule has 34 heavy (non-hydrogen) atoms. The summed E-state index contributed by atoms with van der Waals surface area (Å²) in [6.45, 7) is 2.55. The molecule has 0 radical (unpaired) electrons. The number of carbonyl (C=O) groups is 2. The number of hydrogen-bond acceptors (Lipinski definition) is 6. The molecule has 5 heterocycles. The van der Waals surface area contributed by atoms with Crippen molar-refractivity contribution in [3.05, 3.63) is 47.3 Å². The number of amides is 2. The van der Waals surface area contributed by atoms with Gasteiger partial charge in [-0.2, -0.15) is 13.2 Å². The summed E-state index contributed by atoms with van der Waals surface area (Å²) in [5, 5.41) is -0.196. The molecule has 0 atom stereocenters. The zero-order valence-electron chi connectivity index (χ0n) is 17.9. The number of nitrogens with zero attached hydrogens (tertiary/aromatic N) is 4. The van der Waals surface area contributed by atoms with E-state index in [1.54, 1.807) is 4.90 Å². The second kappa shape index (κ2) is 8.21. The number of alkyl halides is 3. The average Bonchev–Trinajstić information content (AvgIpc) is 3.53. The highest BCUT2D eigenvalue weighted by molar-refractivity contribution is 7.99. The van der Waals surface area contributed by atoms with Crippen LogP contribution in [0.1, 0.15) is 35.8 Å². The Kier molecular flexibility index (Phi) is 5.57. The minimum absolute atomic E-state index is 0.0613. The monoisotopic (exact) mass is 513 g/mol. The first-order valence-electron chi connectivity index (χ1n) is 10.4. The maximum atomic E-state index is 13.9. The number of fused-ring (bicyclic) bond motifs is 1. The minimum Gasteiger partial charge on any atom is -0.472 e. The Morgan fingerprint density at radius 1 is 1.26 bits per heavy atom. The maximum Gasteiger partial charge on any atom is 0.420 e. The summed E-state index contributed by atoms with van der Waals surface area (Å²) >= 11 is 7.87. The zero-order valence-corrected chi connectivity index (χ0v) is 19.4. The van der Waals surface area contributed by atoms with E-state index in [0.717, 1.165) is 10.5 Å². The summed E-state index contributed by atoms with van der Waals surface area (Å²) < 4.78 is 50.8. The fourth-order valence-electron chi connectivity index (χ4n) is 4.46. The van der Waals surface area contributed by atoms with E-state index in [1.807, 2.05) is 0 Å². The van der Waals surface area contributed by atoms with Gasteiger partial charge in [0.15, 0.2) is 11.3 Å². The molecular formula is C21H19ClF3N5O3S. The molecule has 3 aromatic rings. The van der Waals surface area contributed by atoms with E-state index in [4.69, 9.17) is 16.0 Å². The molecule has 2 fully saturated rings. The molecule has 180 valence electrons. The van der Waals surface area contributed by atoms with Crippen molar-refractivity contribution in [3.8, 4) is 11.1 Å². The van der Waals surface area contributed by atoms with Crippen LogP contribution in [0.15, 0.2) is 35.3 Å². The van der Waals surface area contributed by atoms with Crippen molar-refractivity contribution in [3.63, 3.8) is 0 Å².